The lowest BCUT2D eigenvalue weighted by Gasteiger charge is -2.10. The van der Waals surface area contributed by atoms with Gasteiger partial charge >= 0.3 is 0 Å². The van der Waals surface area contributed by atoms with Crippen LogP contribution in [0.25, 0.3) is 11.4 Å². The summed E-state index contributed by atoms with van der Waals surface area (Å²) in [5.74, 6) is 1.78. The summed E-state index contributed by atoms with van der Waals surface area (Å²) in [7, 11) is 1.63. The van der Waals surface area contributed by atoms with Crippen molar-refractivity contribution >= 4 is 17.0 Å². The van der Waals surface area contributed by atoms with Crippen molar-refractivity contribution in [1.82, 2.24) is 19.6 Å². The standard InChI is InChI=1S/C23H29N5O2/c1-5-9-17(13-12-16(3)6-2)22-26-23-25-18(14-21(29)28(23)27-22)15-24-19-10-7-8-11-20(19)30-4/h7-8,10-14,24H,5-6,9,15H2,1-4H3,(H,25,26,27)/b16-12-,17-13+. The van der Waals surface area contributed by atoms with Gasteiger partial charge in [-0.2, -0.15) is 9.50 Å². The van der Waals surface area contributed by atoms with Crippen molar-refractivity contribution in [1.29, 1.82) is 0 Å². The second-order valence-electron chi connectivity index (χ2n) is 7.16. The normalized spacial score (nSPS) is 12.4. The van der Waals surface area contributed by atoms with E-state index in [4.69, 9.17) is 4.74 Å². The molecule has 0 aliphatic rings. The number of hydrogen-bond donors (Lipinski definition) is 2. The average Bonchev–Trinajstić information content (AvgIpc) is 3.19. The number of rotatable bonds is 9. The fraction of sp³-hybridized carbons (Fsp3) is 0.348. The third-order valence-electron chi connectivity index (χ3n) is 4.90. The molecule has 0 spiro atoms. The summed E-state index contributed by atoms with van der Waals surface area (Å²) in [4.78, 5) is 21.8. The maximum Gasteiger partial charge on any atom is 0.274 e. The van der Waals surface area contributed by atoms with E-state index in [0.29, 0.717) is 23.8 Å². The molecule has 0 saturated heterocycles. The van der Waals surface area contributed by atoms with E-state index < -0.39 is 0 Å². The van der Waals surface area contributed by atoms with Gasteiger partial charge in [0.05, 0.1) is 25.0 Å². The molecule has 0 aliphatic heterocycles. The van der Waals surface area contributed by atoms with Gasteiger partial charge in [-0.15, -0.1) is 0 Å². The van der Waals surface area contributed by atoms with Crippen molar-refractivity contribution in [3.05, 3.63) is 69.9 Å². The second kappa shape index (κ2) is 9.91. The number of hydrogen-bond acceptors (Lipinski definition) is 5. The van der Waals surface area contributed by atoms with Crippen LogP contribution < -0.4 is 15.6 Å². The Balaban J connectivity index is 1.89. The molecule has 0 saturated carbocycles. The average molecular weight is 408 g/mol. The van der Waals surface area contributed by atoms with Gasteiger partial charge < -0.3 is 10.1 Å². The maximum absolute atomic E-state index is 12.6. The molecule has 2 N–H and O–H groups in total. The van der Waals surface area contributed by atoms with Crippen molar-refractivity contribution in [3.8, 4) is 5.75 Å². The monoisotopic (exact) mass is 407 g/mol. The van der Waals surface area contributed by atoms with Gasteiger partial charge in [0.25, 0.3) is 11.3 Å². The molecule has 0 radical (unpaired) electrons. The Hall–Kier alpha value is -3.35. The molecule has 0 bridgehead atoms. The minimum Gasteiger partial charge on any atom is -0.495 e. The first-order chi connectivity index (χ1) is 14.5. The number of aromatic nitrogens is 4. The molecule has 3 rings (SSSR count). The summed E-state index contributed by atoms with van der Waals surface area (Å²) in [5, 5.41) is 6.37. The van der Waals surface area contributed by atoms with Gasteiger partial charge in [-0.25, -0.2) is 4.98 Å². The van der Waals surface area contributed by atoms with Gasteiger partial charge in [-0.05, 0) is 37.5 Å². The van der Waals surface area contributed by atoms with Crippen molar-refractivity contribution in [3.63, 3.8) is 0 Å². The number of aromatic amines is 1. The Morgan fingerprint density at radius 2 is 2.03 bits per heavy atom. The third kappa shape index (κ3) is 4.97. The summed E-state index contributed by atoms with van der Waals surface area (Å²) in [5.41, 5.74) is 3.62. The first-order valence-corrected chi connectivity index (χ1v) is 10.3. The fourth-order valence-corrected chi connectivity index (χ4v) is 3.05. The molecule has 2 heterocycles. The smallest absolute Gasteiger partial charge is 0.274 e. The van der Waals surface area contributed by atoms with Crippen molar-refractivity contribution in [2.45, 2.75) is 46.6 Å². The number of methoxy groups -OCH3 is 1. The van der Waals surface area contributed by atoms with Crippen LogP contribution in [0.4, 0.5) is 5.69 Å². The van der Waals surface area contributed by atoms with Crippen molar-refractivity contribution in [2.75, 3.05) is 12.4 Å². The summed E-state index contributed by atoms with van der Waals surface area (Å²) >= 11 is 0. The molecule has 158 valence electrons. The Kier molecular flexibility index (Phi) is 7.06. The van der Waals surface area contributed by atoms with Gasteiger partial charge in [0, 0.05) is 6.07 Å². The van der Waals surface area contributed by atoms with E-state index in [1.165, 1.54) is 16.2 Å². The highest BCUT2D eigenvalue weighted by atomic mass is 16.5. The lowest BCUT2D eigenvalue weighted by atomic mass is 10.1. The highest BCUT2D eigenvalue weighted by molar-refractivity contribution is 5.63. The Morgan fingerprint density at radius 3 is 2.77 bits per heavy atom. The van der Waals surface area contributed by atoms with Crippen LogP contribution >= 0.6 is 0 Å². The van der Waals surface area contributed by atoms with Gasteiger partial charge in [-0.3, -0.25) is 9.89 Å². The number of fused-ring (bicyclic) bond motifs is 1. The zero-order valence-corrected chi connectivity index (χ0v) is 18.0. The van der Waals surface area contributed by atoms with Crippen LogP contribution in [-0.2, 0) is 6.54 Å². The van der Waals surface area contributed by atoms with E-state index in [9.17, 15) is 4.79 Å². The van der Waals surface area contributed by atoms with Gasteiger partial charge in [0.15, 0.2) is 5.82 Å². The number of nitrogens with one attached hydrogen (secondary N) is 2. The molecule has 7 nitrogen and oxygen atoms in total. The minimum absolute atomic E-state index is 0.188. The first kappa shape index (κ1) is 21.4. The van der Waals surface area contributed by atoms with Gasteiger partial charge in [0.2, 0.25) is 0 Å². The quantitative estimate of drug-likeness (QED) is 0.507. The minimum atomic E-state index is -0.188. The van der Waals surface area contributed by atoms with E-state index in [1.54, 1.807) is 7.11 Å². The highest BCUT2D eigenvalue weighted by Crippen LogP contribution is 2.23. The molecule has 3 aromatic rings. The zero-order valence-electron chi connectivity index (χ0n) is 18.0. The zero-order chi connectivity index (χ0) is 21.5. The number of H-pyrrole nitrogens is 1. The van der Waals surface area contributed by atoms with Crippen LogP contribution in [-0.4, -0.2) is 26.7 Å². The van der Waals surface area contributed by atoms with E-state index in [2.05, 4.69) is 53.3 Å². The molecule has 0 unspecified atom stereocenters. The molecule has 1 aromatic carbocycles. The summed E-state index contributed by atoms with van der Waals surface area (Å²) in [6.07, 6.45) is 7.04. The molecular weight excluding hydrogens is 378 g/mol. The van der Waals surface area contributed by atoms with Crippen LogP contribution in [0.1, 0.15) is 51.6 Å². The molecule has 30 heavy (non-hydrogen) atoms. The molecule has 2 aromatic heterocycles. The number of anilines is 1. The van der Waals surface area contributed by atoms with Crippen LogP contribution in [0.15, 0.2) is 52.9 Å². The largest absolute Gasteiger partial charge is 0.495 e. The summed E-state index contributed by atoms with van der Waals surface area (Å²) in [6.45, 7) is 6.75. The predicted molar refractivity (Wildman–Crippen MR) is 121 cm³/mol. The van der Waals surface area contributed by atoms with E-state index in [-0.39, 0.29) is 5.56 Å². The lowest BCUT2D eigenvalue weighted by Crippen LogP contribution is -2.17. The third-order valence-corrected chi connectivity index (χ3v) is 4.90. The number of para-hydroxylation sites is 2. The molecule has 0 atom stereocenters. The lowest BCUT2D eigenvalue weighted by molar-refractivity contribution is 0.416. The second-order valence-corrected chi connectivity index (χ2v) is 7.16. The number of nitrogens with zero attached hydrogens (tertiary/aromatic N) is 3. The Morgan fingerprint density at radius 1 is 1.23 bits per heavy atom. The summed E-state index contributed by atoms with van der Waals surface area (Å²) in [6, 6.07) is 9.15. The van der Waals surface area contributed by atoms with Crippen molar-refractivity contribution < 1.29 is 4.74 Å². The number of benzene rings is 1. The van der Waals surface area contributed by atoms with E-state index >= 15 is 0 Å². The Bertz CT molecular complexity index is 1120. The van der Waals surface area contributed by atoms with Crippen LogP contribution in [0.2, 0.25) is 0 Å². The number of allylic oxidation sites excluding steroid dienone is 4. The molecule has 7 heteroatoms. The highest BCUT2D eigenvalue weighted by Gasteiger charge is 2.11. The predicted octanol–water partition coefficient (Wildman–Crippen LogP) is 4.58. The topological polar surface area (TPSA) is 84.3 Å². The van der Waals surface area contributed by atoms with E-state index in [1.807, 2.05) is 24.3 Å². The SMILES string of the molecule is CCC/C(=C\C=C(\C)CC)c1nc2nc(CNc3ccccc3OC)cc(=O)n2[nH]1. The molecule has 0 aliphatic carbocycles. The van der Waals surface area contributed by atoms with Gasteiger partial charge in [-0.1, -0.05) is 50.1 Å². The van der Waals surface area contributed by atoms with Crippen LogP contribution in [0.3, 0.4) is 0 Å². The summed E-state index contributed by atoms with van der Waals surface area (Å²) < 4.78 is 6.74. The molecule has 0 amide bonds. The molecule has 0 fully saturated rings. The maximum atomic E-state index is 12.6. The first-order valence-electron chi connectivity index (χ1n) is 10.3. The van der Waals surface area contributed by atoms with Crippen LogP contribution in [0.5, 0.6) is 5.75 Å². The molecular formula is C23H29N5O2. The fourth-order valence-electron chi connectivity index (χ4n) is 3.05. The van der Waals surface area contributed by atoms with Gasteiger partial charge in [0.1, 0.15) is 5.75 Å². The van der Waals surface area contributed by atoms with Crippen molar-refractivity contribution in [2.24, 2.45) is 0 Å². The van der Waals surface area contributed by atoms with E-state index in [0.717, 1.165) is 36.3 Å². The Labute approximate surface area is 176 Å². The number of ether oxygens (including phenoxy) is 1. The van der Waals surface area contributed by atoms with Crippen LogP contribution in [0, 0.1) is 0 Å².